The van der Waals surface area contributed by atoms with Gasteiger partial charge in [-0.15, -0.1) is 0 Å². The maximum absolute atomic E-state index is 12.7. The summed E-state index contributed by atoms with van der Waals surface area (Å²) in [6.45, 7) is 11.4. The van der Waals surface area contributed by atoms with Gasteiger partial charge in [0, 0.05) is 7.05 Å². The molecule has 0 bridgehead atoms. The molecule has 6 aromatic rings. The number of hydrogen-bond acceptors (Lipinski definition) is 4. The topological polar surface area (TPSA) is 67.9 Å². The quantitative estimate of drug-likeness (QED) is 0.170. The summed E-state index contributed by atoms with van der Waals surface area (Å²) in [6.07, 6.45) is 3.14. The number of benzene rings is 6. The summed E-state index contributed by atoms with van der Waals surface area (Å²) in [4.78, 5) is 26.7. The maximum atomic E-state index is 12.7. The maximum Gasteiger partial charge on any atom is 1.00 e. The van der Waals surface area contributed by atoms with Crippen LogP contribution in [0.1, 0.15) is 121 Å². The Morgan fingerprint density at radius 1 is 0.593 bits per heavy atom. The van der Waals surface area contributed by atoms with Crippen LogP contribution in [0.25, 0.3) is 21.5 Å². The molecule has 2 aliphatic carbocycles. The molecule has 0 radical (unpaired) electrons. The minimum Gasteiger partial charge on any atom is -1.00 e. The van der Waals surface area contributed by atoms with E-state index in [4.69, 9.17) is 9.47 Å². The first kappa shape index (κ1) is 45.5. The number of carbonyl (C=O) groups is 2. The Hall–Kier alpha value is -4.62. The van der Waals surface area contributed by atoms with Crippen LogP contribution in [0.4, 0.5) is 9.59 Å². The standard InChI is InChI=1S/C26H29NO2.C25H27NO2.CH4.Na.H/c1-26(2,3)29-25(28)27(4)24-17-21(22-11-7-8-12-23(22)24)16-18-13-14-19-9-5-6-10-20(19)15-18;1-25(2,3)28-24(27)26-23-16-20(21-10-6-7-11-22(21)23)15-17-12-13-18-8-4-5-9-19(18)14-17;;;/h5-15,21,24H,16-17H2,1-4H3;4-14,20,23H,15-16H2,1-3H3,(H,26,27);1H4;;/q;;;+1;-1. The van der Waals surface area contributed by atoms with Crippen molar-refractivity contribution < 1.29 is 50.0 Å². The molecule has 0 aliphatic heterocycles. The Morgan fingerprint density at radius 2 is 1.02 bits per heavy atom. The van der Waals surface area contributed by atoms with Gasteiger partial charge in [0.15, 0.2) is 0 Å². The van der Waals surface area contributed by atoms with E-state index >= 15 is 0 Å². The second-order valence-corrected chi connectivity index (χ2v) is 17.7. The Kier molecular flexibility index (Phi) is 14.8. The summed E-state index contributed by atoms with van der Waals surface area (Å²) in [6, 6.07) is 47.4. The van der Waals surface area contributed by atoms with Crippen molar-refractivity contribution in [3.8, 4) is 0 Å². The zero-order valence-corrected chi connectivity index (χ0v) is 37.4. The van der Waals surface area contributed by atoms with Gasteiger partial charge in [-0.3, -0.25) is 0 Å². The predicted octanol–water partition coefficient (Wildman–Crippen LogP) is 10.4. The van der Waals surface area contributed by atoms with E-state index < -0.39 is 11.2 Å². The van der Waals surface area contributed by atoms with Crippen LogP contribution in [-0.4, -0.2) is 35.3 Å². The second-order valence-electron chi connectivity index (χ2n) is 17.7. The van der Waals surface area contributed by atoms with Gasteiger partial charge in [0.1, 0.15) is 11.2 Å². The molecule has 4 unspecified atom stereocenters. The third kappa shape index (κ3) is 11.4. The molecule has 0 spiro atoms. The minimum absolute atomic E-state index is 0. The van der Waals surface area contributed by atoms with Crippen LogP contribution >= 0.6 is 0 Å². The van der Waals surface area contributed by atoms with Crippen molar-refractivity contribution in [2.75, 3.05) is 7.05 Å². The molecule has 59 heavy (non-hydrogen) atoms. The number of rotatable bonds is 6. The van der Waals surface area contributed by atoms with E-state index in [1.165, 1.54) is 54.9 Å². The molecule has 6 nitrogen and oxygen atoms in total. The van der Waals surface area contributed by atoms with Gasteiger partial charge in [0.25, 0.3) is 0 Å². The van der Waals surface area contributed by atoms with E-state index in [1.807, 2.05) is 54.7 Å². The summed E-state index contributed by atoms with van der Waals surface area (Å²) in [5.41, 5.74) is 6.81. The van der Waals surface area contributed by atoms with Crippen molar-refractivity contribution in [2.45, 2.75) is 110 Å². The van der Waals surface area contributed by atoms with Crippen LogP contribution in [0.15, 0.2) is 133 Å². The number of nitrogens with one attached hydrogen (secondary N) is 1. The van der Waals surface area contributed by atoms with Crippen LogP contribution in [0.5, 0.6) is 0 Å². The molecule has 2 amide bonds. The summed E-state index contributed by atoms with van der Waals surface area (Å²) >= 11 is 0. The van der Waals surface area contributed by atoms with Gasteiger partial charge in [-0.2, -0.15) is 0 Å². The largest absolute Gasteiger partial charge is 1.00 e. The molecule has 1 N–H and O–H groups in total. The number of ether oxygens (including phenoxy) is 2. The van der Waals surface area contributed by atoms with Crippen LogP contribution < -0.4 is 34.9 Å². The van der Waals surface area contributed by atoms with Crippen molar-refractivity contribution in [1.82, 2.24) is 10.2 Å². The fourth-order valence-electron chi connectivity index (χ4n) is 8.55. The molecule has 6 aromatic carbocycles. The molecule has 8 rings (SSSR count). The zero-order chi connectivity index (χ0) is 40.3. The van der Waals surface area contributed by atoms with Crippen molar-refractivity contribution >= 4 is 33.7 Å². The first-order valence-corrected chi connectivity index (χ1v) is 20.3. The fourth-order valence-corrected chi connectivity index (χ4v) is 8.55. The van der Waals surface area contributed by atoms with Gasteiger partial charge >= 0.3 is 41.7 Å². The van der Waals surface area contributed by atoms with Gasteiger partial charge in [-0.25, -0.2) is 9.59 Å². The van der Waals surface area contributed by atoms with Gasteiger partial charge in [0.05, 0.1) is 12.1 Å². The molecule has 4 atom stereocenters. The number of carbonyl (C=O) groups excluding carboxylic acids is 2. The Balaban J connectivity index is 0.000000252. The van der Waals surface area contributed by atoms with Crippen molar-refractivity contribution in [2.24, 2.45) is 0 Å². The zero-order valence-electron chi connectivity index (χ0n) is 36.4. The number of hydrogen-bond donors (Lipinski definition) is 1. The molecule has 0 saturated heterocycles. The molecule has 7 heteroatoms. The smallest absolute Gasteiger partial charge is 1.00 e. The average molecular weight is 801 g/mol. The molecule has 304 valence electrons. The van der Waals surface area contributed by atoms with E-state index in [-0.39, 0.29) is 62.7 Å². The van der Waals surface area contributed by atoms with Crippen LogP contribution in [-0.2, 0) is 22.3 Å². The summed E-state index contributed by atoms with van der Waals surface area (Å²) in [5, 5.41) is 8.16. The minimum atomic E-state index is -0.493. The number of amides is 2. The first-order chi connectivity index (χ1) is 27.2. The summed E-state index contributed by atoms with van der Waals surface area (Å²) < 4.78 is 11.1. The number of nitrogens with zero attached hydrogens (tertiary/aromatic N) is 1. The number of fused-ring (bicyclic) bond motifs is 4. The van der Waals surface area contributed by atoms with Crippen molar-refractivity contribution in [1.29, 1.82) is 0 Å². The van der Waals surface area contributed by atoms with Gasteiger partial charge in [-0.05, 0) is 134 Å². The van der Waals surface area contributed by atoms with E-state index in [9.17, 15) is 9.59 Å². The van der Waals surface area contributed by atoms with E-state index in [0.717, 1.165) is 25.7 Å². The van der Waals surface area contributed by atoms with Crippen LogP contribution in [0.2, 0.25) is 0 Å². The molecule has 2 aliphatic rings. The molecule has 0 heterocycles. The molecular formula is C52H61N2NaO4. The van der Waals surface area contributed by atoms with Gasteiger partial charge in [-0.1, -0.05) is 141 Å². The molecule has 0 saturated carbocycles. The van der Waals surface area contributed by atoms with E-state index in [1.54, 1.807) is 4.90 Å². The van der Waals surface area contributed by atoms with Crippen molar-refractivity contribution in [3.05, 3.63) is 167 Å². The van der Waals surface area contributed by atoms with E-state index in [0.29, 0.717) is 11.8 Å². The van der Waals surface area contributed by atoms with E-state index in [2.05, 4.69) is 133 Å². The number of alkyl carbamates (subject to hydrolysis) is 1. The predicted molar refractivity (Wildman–Crippen MR) is 240 cm³/mol. The molecule has 0 fully saturated rings. The average Bonchev–Trinajstić information content (AvgIpc) is 3.70. The van der Waals surface area contributed by atoms with Gasteiger partial charge < -0.3 is 21.1 Å². The fraction of sp³-hybridized carbons (Fsp3) is 0.346. The second kappa shape index (κ2) is 19.2. The Morgan fingerprint density at radius 3 is 1.53 bits per heavy atom. The molecular weight excluding hydrogens is 740 g/mol. The summed E-state index contributed by atoms with van der Waals surface area (Å²) in [7, 11) is 1.86. The van der Waals surface area contributed by atoms with Crippen LogP contribution in [0, 0.1) is 0 Å². The third-order valence-electron chi connectivity index (χ3n) is 11.1. The first-order valence-electron chi connectivity index (χ1n) is 20.3. The summed E-state index contributed by atoms with van der Waals surface area (Å²) in [5.74, 6) is 0.777. The van der Waals surface area contributed by atoms with Gasteiger partial charge in [0.2, 0.25) is 0 Å². The molecule has 0 aromatic heterocycles. The normalized spacial score (nSPS) is 17.9. The Labute approximate surface area is 375 Å². The third-order valence-corrected chi connectivity index (χ3v) is 11.1. The van der Waals surface area contributed by atoms with Crippen molar-refractivity contribution in [3.63, 3.8) is 0 Å². The SMILES string of the molecule is C.CC(C)(C)OC(=O)NC1CC(Cc2ccc3ccccc3c2)c2ccccc21.CN(C(=O)OC(C)(C)C)C1CC(Cc2ccc3ccccc3c2)c2ccccc21.[H-].[Na+]. The van der Waals surface area contributed by atoms with Crippen LogP contribution in [0.3, 0.4) is 0 Å². The Bertz CT molecular complexity index is 2380. The monoisotopic (exact) mass is 800 g/mol.